The summed E-state index contributed by atoms with van der Waals surface area (Å²) >= 11 is 0. The van der Waals surface area contributed by atoms with Gasteiger partial charge in [-0.1, -0.05) is 31.0 Å². The summed E-state index contributed by atoms with van der Waals surface area (Å²) < 4.78 is 0. The van der Waals surface area contributed by atoms with Gasteiger partial charge in [-0.25, -0.2) is 0 Å². The second-order valence-electron chi connectivity index (χ2n) is 4.14. The van der Waals surface area contributed by atoms with Gasteiger partial charge in [-0.2, -0.15) is 0 Å². The number of para-hydroxylation sites is 1. The molecule has 0 aliphatic heterocycles. The van der Waals surface area contributed by atoms with Crippen molar-refractivity contribution in [1.29, 1.82) is 0 Å². The molecule has 0 bridgehead atoms. The van der Waals surface area contributed by atoms with Crippen LogP contribution in [0.1, 0.15) is 31.2 Å². The maximum atomic E-state index is 10.9. The molecule has 1 aromatic rings. The third-order valence-electron chi connectivity index (χ3n) is 3.13. The molecule has 0 amide bonds. The van der Waals surface area contributed by atoms with Crippen molar-refractivity contribution in [1.82, 2.24) is 0 Å². The lowest BCUT2D eigenvalue weighted by Crippen LogP contribution is -2.33. The van der Waals surface area contributed by atoms with E-state index in [-0.39, 0.29) is 10.6 Å². The van der Waals surface area contributed by atoms with Crippen LogP contribution in [0.4, 0.5) is 5.69 Å². The maximum absolute atomic E-state index is 10.9. The van der Waals surface area contributed by atoms with Crippen molar-refractivity contribution in [3.63, 3.8) is 0 Å². The molecule has 1 fully saturated rings. The van der Waals surface area contributed by atoms with E-state index in [0.717, 1.165) is 25.7 Å². The zero-order valence-electron chi connectivity index (χ0n) is 8.48. The first-order valence-electron chi connectivity index (χ1n) is 5.16. The van der Waals surface area contributed by atoms with E-state index in [1.165, 1.54) is 6.07 Å². The van der Waals surface area contributed by atoms with Crippen molar-refractivity contribution in [3.05, 3.63) is 39.9 Å². The molecule has 0 aromatic heterocycles. The number of rotatable bonds is 2. The first-order chi connectivity index (χ1) is 7.13. The minimum absolute atomic E-state index is 0.155. The number of nitro groups is 1. The Kier molecular flexibility index (Phi) is 2.44. The molecule has 15 heavy (non-hydrogen) atoms. The summed E-state index contributed by atoms with van der Waals surface area (Å²) in [5, 5.41) is 10.9. The Hall–Kier alpha value is -1.42. The summed E-state index contributed by atoms with van der Waals surface area (Å²) in [6.07, 6.45) is 3.81. The van der Waals surface area contributed by atoms with Gasteiger partial charge in [0.05, 0.1) is 4.92 Å². The van der Waals surface area contributed by atoms with Crippen LogP contribution in [0.15, 0.2) is 24.3 Å². The van der Waals surface area contributed by atoms with Crippen LogP contribution in [0.25, 0.3) is 0 Å². The van der Waals surface area contributed by atoms with Gasteiger partial charge in [-0.15, -0.1) is 0 Å². The summed E-state index contributed by atoms with van der Waals surface area (Å²) in [7, 11) is 0. The topological polar surface area (TPSA) is 69.2 Å². The van der Waals surface area contributed by atoms with E-state index in [1.807, 2.05) is 6.07 Å². The molecule has 0 saturated heterocycles. The molecule has 0 spiro atoms. The fourth-order valence-corrected chi connectivity index (χ4v) is 2.33. The molecular weight excluding hydrogens is 192 g/mol. The Balaban J connectivity index is 2.47. The lowest BCUT2D eigenvalue weighted by molar-refractivity contribution is -0.386. The first-order valence-corrected chi connectivity index (χ1v) is 5.16. The van der Waals surface area contributed by atoms with Gasteiger partial charge in [0.15, 0.2) is 0 Å². The smallest absolute Gasteiger partial charge is 0.274 e. The zero-order valence-corrected chi connectivity index (χ0v) is 8.48. The molecule has 1 aliphatic carbocycles. The molecule has 0 atom stereocenters. The fourth-order valence-electron chi connectivity index (χ4n) is 2.33. The number of nitrogens with zero attached hydrogens (tertiary/aromatic N) is 1. The third kappa shape index (κ3) is 1.72. The normalized spacial score (nSPS) is 19.0. The molecule has 1 saturated carbocycles. The van der Waals surface area contributed by atoms with Crippen LogP contribution in [0.3, 0.4) is 0 Å². The largest absolute Gasteiger partial charge is 0.321 e. The van der Waals surface area contributed by atoms with Gasteiger partial charge in [0, 0.05) is 17.2 Å². The Labute approximate surface area is 88.2 Å². The molecule has 4 nitrogen and oxygen atoms in total. The van der Waals surface area contributed by atoms with Crippen molar-refractivity contribution < 1.29 is 4.92 Å². The number of hydrogen-bond acceptors (Lipinski definition) is 3. The summed E-state index contributed by atoms with van der Waals surface area (Å²) in [6, 6.07) is 6.81. The van der Waals surface area contributed by atoms with Crippen LogP contribution in [-0.4, -0.2) is 4.92 Å². The Morgan fingerprint density at radius 3 is 2.47 bits per heavy atom. The molecule has 80 valence electrons. The van der Waals surface area contributed by atoms with E-state index in [4.69, 9.17) is 5.73 Å². The Morgan fingerprint density at radius 1 is 1.27 bits per heavy atom. The molecule has 1 aromatic carbocycles. The molecule has 4 heteroatoms. The third-order valence-corrected chi connectivity index (χ3v) is 3.13. The molecule has 0 radical (unpaired) electrons. The Morgan fingerprint density at radius 2 is 1.87 bits per heavy atom. The zero-order chi connectivity index (χ0) is 10.9. The molecule has 2 N–H and O–H groups in total. The van der Waals surface area contributed by atoms with E-state index in [9.17, 15) is 10.1 Å². The number of hydrogen-bond donors (Lipinski definition) is 1. The second-order valence-corrected chi connectivity index (χ2v) is 4.14. The van der Waals surface area contributed by atoms with Gasteiger partial charge >= 0.3 is 0 Å². The minimum Gasteiger partial charge on any atom is -0.321 e. The van der Waals surface area contributed by atoms with Gasteiger partial charge < -0.3 is 5.73 Å². The predicted molar refractivity (Wildman–Crippen MR) is 57.4 cm³/mol. The van der Waals surface area contributed by atoms with Gasteiger partial charge in [-0.05, 0) is 12.8 Å². The molecule has 0 unspecified atom stereocenters. The highest BCUT2D eigenvalue weighted by molar-refractivity contribution is 5.45. The Bertz CT molecular complexity index is 384. The second kappa shape index (κ2) is 3.62. The summed E-state index contributed by atoms with van der Waals surface area (Å²) in [5.41, 5.74) is 6.57. The van der Waals surface area contributed by atoms with Gasteiger partial charge in [-0.3, -0.25) is 10.1 Å². The van der Waals surface area contributed by atoms with Crippen LogP contribution in [0, 0.1) is 10.1 Å². The average molecular weight is 206 g/mol. The molecular formula is C11H14N2O2. The minimum atomic E-state index is -0.482. The van der Waals surface area contributed by atoms with Crippen LogP contribution in [-0.2, 0) is 5.54 Å². The monoisotopic (exact) mass is 206 g/mol. The van der Waals surface area contributed by atoms with E-state index in [2.05, 4.69) is 0 Å². The van der Waals surface area contributed by atoms with Crippen LogP contribution in [0.5, 0.6) is 0 Å². The highest BCUT2D eigenvalue weighted by atomic mass is 16.6. The first kappa shape index (κ1) is 10.1. The quantitative estimate of drug-likeness (QED) is 0.596. The highest BCUT2D eigenvalue weighted by Crippen LogP contribution is 2.40. The van der Waals surface area contributed by atoms with Crippen molar-refractivity contribution in [3.8, 4) is 0 Å². The summed E-state index contributed by atoms with van der Waals surface area (Å²) in [5.74, 6) is 0. The van der Waals surface area contributed by atoms with Crippen molar-refractivity contribution >= 4 is 5.69 Å². The standard InChI is InChI=1S/C11H14N2O2/c12-11(7-3-4-8-11)9-5-1-2-6-10(9)13(14)15/h1-2,5-6H,3-4,7-8,12H2. The lowest BCUT2D eigenvalue weighted by atomic mass is 9.88. The van der Waals surface area contributed by atoms with E-state index in [1.54, 1.807) is 12.1 Å². The fraction of sp³-hybridized carbons (Fsp3) is 0.455. The summed E-state index contributed by atoms with van der Waals surface area (Å²) in [4.78, 5) is 10.5. The average Bonchev–Trinajstić information content (AvgIpc) is 2.66. The number of nitro benzene ring substituents is 1. The van der Waals surface area contributed by atoms with Gasteiger partial charge in [0.1, 0.15) is 0 Å². The molecule has 2 rings (SSSR count). The van der Waals surface area contributed by atoms with Crippen molar-refractivity contribution in [2.24, 2.45) is 5.73 Å². The molecule has 1 aliphatic rings. The van der Waals surface area contributed by atoms with Crippen molar-refractivity contribution in [2.75, 3.05) is 0 Å². The van der Waals surface area contributed by atoms with Crippen molar-refractivity contribution in [2.45, 2.75) is 31.2 Å². The van der Waals surface area contributed by atoms with Crippen LogP contribution >= 0.6 is 0 Å². The predicted octanol–water partition coefficient (Wildman–Crippen LogP) is 2.32. The van der Waals surface area contributed by atoms with E-state index < -0.39 is 5.54 Å². The van der Waals surface area contributed by atoms with Gasteiger partial charge in [0.2, 0.25) is 0 Å². The maximum Gasteiger partial charge on any atom is 0.274 e. The number of nitrogens with two attached hydrogens (primary N) is 1. The lowest BCUT2D eigenvalue weighted by Gasteiger charge is -2.23. The van der Waals surface area contributed by atoms with Crippen LogP contribution < -0.4 is 5.73 Å². The highest BCUT2D eigenvalue weighted by Gasteiger charge is 2.36. The van der Waals surface area contributed by atoms with E-state index >= 15 is 0 Å². The molecule has 0 heterocycles. The van der Waals surface area contributed by atoms with Gasteiger partial charge in [0.25, 0.3) is 5.69 Å². The SMILES string of the molecule is NC1(c2ccccc2[N+](=O)[O-])CCCC1. The van der Waals surface area contributed by atoms with Crippen LogP contribution in [0.2, 0.25) is 0 Å². The number of benzene rings is 1. The summed E-state index contributed by atoms with van der Waals surface area (Å²) in [6.45, 7) is 0. The van der Waals surface area contributed by atoms with E-state index in [0.29, 0.717) is 5.56 Å².